The van der Waals surface area contributed by atoms with Gasteiger partial charge >= 0.3 is 0 Å². The van der Waals surface area contributed by atoms with Crippen LogP contribution in [0.5, 0.6) is 0 Å². The summed E-state index contributed by atoms with van der Waals surface area (Å²) < 4.78 is 44.7. The van der Waals surface area contributed by atoms with Crippen LogP contribution in [0.3, 0.4) is 0 Å². The summed E-state index contributed by atoms with van der Waals surface area (Å²) in [6, 6.07) is 10.6. The van der Waals surface area contributed by atoms with Crippen molar-refractivity contribution in [1.82, 2.24) is 10.1 Å². The standard InChI is InChI=1S/C20H12F3N3O2S/c21-13-4-1-11(2-5-13)9-17(27)24-16-7-8-29-18(16)20-25-19(26-28-20)12-3-6-14(22)15(23)10-12/h1-8,10H,9H2,(H,24,27). The monoisotopic (exact) mass is 415 g/mol. The highest BCUT2D eigenvalue weighted by atomic mass is 32.1. The van der Waals surface area contributed by atoms with Crippen LogP contribution in [0.4, 0.5) is 18.9 Å². The molecule has 0 saturated heterocycles. The lowest BCUT2D eigenvalue weighted by Gasteiger charge is -2.05. The lowest BCUT2D eigenvalue weighted by Crippen LogP contribution is -2.14. The molecule has 9 heteroatoms. The molecule has 0 fully saturated rings. The molecule has 0 radical (unpaired) electrons. The number of benzene rings is 2. The van der Waals surface area contributed by atoms with Gasteiger partial charge < -0.3 is 9.84 Å². The Hall–Kier alpha value is -3.46. The van der Waals surface area contributed by atoms with Gasteiger partial charge in [0.25, 0.3) is 5.89 Å². The number of halogens is 3. The fourth-order valence-corrected chi connectivity index (χ4v) is 3.39. The van der Waals surface area contributed by atoms with Gasteiger partial charge in [-0.05, 0) is 47.3 Å². The summed E-state index contributed by atoms with van der Waals surface area (Å²) in [5.41, 5.74) is 1.40. The smallest absolute Gasteiger partial charge is 0.270 e. The zero-order chi connectivity index (χ0) is 20.4. The van der Waals surface area contributed by atoms with Crippen LogP contribution in [0.2, 0.25) is 0 Å². The average molecular weight is 415 g/mol. The Kier molecular flexibility index (Phi) is 5.13. The highest BCUT2D eigenvalue weighted by Gasteiger charge is 2.18. The molecule has 5 nitrogen and oxygen atoms in total. The summed E-state index contributed by atoms with van der Waals surface area (Å²) in [4.78, 5) is 17.0. The van der Waals surface area contributed by atoms with Gasteiger partial charge in [0.2, 0.25) is 11.7 Å². The molecule has 0 spiro atoms. The van der Waals surface area contributed by atoms with Crippen LogP contribution >= 0.6 is 11.3 Å². The summed E-state index contributed by atoms with van der Waals surface area (Å²) in [5.74, 6) is -2.42. The van der Waals surface area contributed by atoms with Crippen molar-refractivity contribution in [2.24, 2.45) is 0 Å². The third-order valence-electron chi connectivity index (χ3n) is 4.02. The van der Waals surface area contributed by atoms with E-state index in [2.05, 4.69) is 15.5 Å². The molecule has 0 aliphatic carbocycles. The number of hydrogen-bond donors (Lipinski definition) is 1. The number of nitrogens with one attached hydrogen (secondary N) is 1. The van der Waals surface area contributed by atoms with Crippen molar-refractivity contribution >= 4 is 22.9 Å². The molecule has 146 valence electrons. The van der Waals surface area contributed by atoms with Crippen LogP contribution < -0.4 is 5.32 Å². The molecule has 2 aromatic carbocycles. The molecular formula is C20H12F3N3O2S. The van der Waals surface area contributed by atoms with Crippen molar-refractivity contribution in [3.8, 4) is 22.2 Å². The predicted octanol–water partition coefficient (Wildman–Crippen LogP) is 5.06. The number of rotatable bonds is 5. The van der Waals surface area contributed by atoms with E-state index in [1.807, 2.05) is 0 Å². The fourth-order valence-electron chi connectivity index (χ4n) is 2.62. The van der Waals surface area contributed by atoms with Gasteiger partial charge in [0.05, 0.1) is 12.1 Å². The SMILES string of the molecule is O=C(Cc1ccc(F)cc1)Nc1ccsc1-c1nc(-c2ccc(F)c(F)c2)no1. The average Bonchev–Trinajstić information content (AvgIpc) is 3.35. The Morgan fingerprint density at radius 2 is 1.83 bits per heavy atom. The number of nitrogens with zero attached hydrogens (tertiary/aromatic N) is 2. The number of anilines is 1. The maximum Gasteiger partial charge on any atom is 0.270 e. The number of carbonyl (C=O) groups excluding carboxylic acids is 1. The largest absolute Gasteiger partial charge is 0.333 e. The van der Waals surface area contributed by atoms with E-state index in [-0.39, 0.29) is 35.4 Å². The Bertz CT molecular complexity index is 1170. The molecule has 29 heavy (non-hydrogen) atoms. The molecule has 0 aliphatic rings. The maximum atomic E-state index is 13.4. The summed E-state index contributed by atoms with van der Waals surface area (Å²) in [5, 5.41) is 8.29. The maximum absolute atomic E-state index is 13.4. The van der Waals surface area contributed by atoms with Crippen molar-refractivity contribution < 1.29 is 22.5 Å². The van der Waals surface area contributed by atoms with Crippen molar-refractivity contribution in [2.45, 2.75) is 6.42 Å². The van der Waals surface area contributed by atoms with Gasteiger partial charge in [-0.25, -0.2) is 13.2 Å². The Morgan fingerprint density at radius 3 is 2.59 bits per heavy atom. The molecule has 0 saturated carbocycles. The van der Waals surface area contributed by atoms with Gasteiger partial charge in [-0.2, -0.15) is 4.98 Å². The molecule has 0 bridgehead atoms. The van der Waals surface area contributed by atoms with E-state index in [0.717, 1.165) is 12.1 Å². The van der Waals surface area contributed by atoms with Crippen LogP contribution in [0.1, 0.15) is 5.56 Å². The lowest BCUT2D eigenvalue weighted by atomic mass is 10.1. The van der Waals surface area contributed by atoms with E-state index in [9.17, 15) is 18.0 Å². The van der Waals surface area contributed by atoms with E-state index in [4.69, 9.17) is 4.52 Å². The molecule has 4 rings (SSSR count). The van der Waals surface area contributed by atoms with Crippen molar-refractivity contribution in [2.75, 3.05) is 5.32 Å². The minimum atomic E-state index is -1.02. The molecule has 0 unspecified atom stereocenters. The highest BCUT2D eigenvalue weighted by molar-refractivity contribution is 7.14. The molecule has 2 aromatic heterocycles. The Labute approximate surface area is 166 Å². The molecule has 2 heterocycles. The normalized spacial score (nSPS) is 10.9. The molecule has 1 N–H and O–H groups in total. The van der Waals surface area contributed by atoms with Crippen molar-refractivity contribution in [3.05, 3.63) is 76.9 Å². The first-order valence-corrected chi connectivity index (χ1v) is 9.29. The van der Waals surface area contributed by atoms with Gasteiger partial charge in [0, 0.05) is 5.56 Å². The number of hydrogen-bond acceptors (Lipinski definition) is 5. The highest BCUT2D eigenvalue weighted by Crippen LogP contribution is 2.34. The van der Waals surface area contributed by atoms with E-state index < -0.39 is 11.6 Å². The zero-order valence-corrected chi connectivity index (χ0v) is 15.5. The molecule has 0 atom stereocenters. The second-order valence-corrected chi connectivity index (χ2v) is 6.98. The number of thiophene rings is 1. The summed E-state index contributed by atoms with van der Waals surface area (Å²) >= 11 is 1.27. The van der Waals surface area contributed by atoms with Crippen LogP contribution in [-0.4, -0.2) is 16.0 Å². The van der Waals surface area contributed by atoms with Crippen LogP contribution in [0.15, 0.2) is 58.4 Å². The zero-order valence-electron chi connectivity index (χ0n) is 14.7. The molecular weight excluding hydrogens is 403 g/mol. The topological polar surface area (TPSA) is 68.0 Å². The minimum Gasteiger partial charge on any atom is -0.333 e. The Morgan fingerprint density at radius 1 is 1.03 bits per heavy atom. The van der Waals surface area contributed by atoms with Gasteiger partial charge in [0.1, 0.15) is 10.7 Å². The van der Waals surface area contributed by atoms with Crippen LogP contribution in [-0.2, 0) is 11.2 Å². The number of aromatic nitrogens is 2. The summed E-state index contributed by atoms with van der Waals surface area (Å²) in [6.07, 6.45) is 0.0690. The predicted molar refractivity (Wildman–Crippen MR) is 102 cm³/mol. The molecule has 0 aliphatic heterocycles. The Balaban J connectivity index is 1.52. The number of carbonyl (C=O) groups is 1. The third-order valence-corrected chi connectivity index (χ3v) is 4.92. The first kappa shape index (κ1) is 18.9. The summed E-state index contributed by atoms with van der Waals surface area (Å²) in [6.45, 7) is 0. The second-order valence-electron chi connectivity index (χ2n) is 6.07. The van der Waals surface area contributed by atoms with Crippen LogP contribution in [0.25, 0.3) is 22.2 Å². The van der Waals surface area contributed by atoms with E-state index in [1.165, 1.54) is 41.7 Å². The first-order chi connectivity index (χ1) is 14.0. The summed E-state index contributed by atoms with van der Waals surface area (Å²) in [7, 11) is 0. The first-order valence-electron chi connectivity index (χ1n) is 8.41. The van der Waals surface area contributed by atoms with E-state index >= 15 is 0 Å². The van der Waals surface area contributed by atoms with Gasteiger partial charge in [-0.3, -0.25) is 4.79 Å². The van der Waals surface area contributed by atoms with E-state index in [1.54, 1.807) is 11.4 Å². The molecule has 1 amide bonds. The second kappa shape index (κ2) is 7.88. The quantitative estimate of drug-likeness (QED) is 0.495. The fraction of sp³-hybridized carbons (Fsp3) is 0.0500. The third kappa shape index (κ3) is 4.19. The van der Waals surface area contributed by atoms with E-state index in [0.29, 0.717) is 16.1 Å². The van der Waals surface area contributed by atoms with Crippen molar-refractivity contribution in [3.63, 3.8) is 0 Å². The van der Waals surface area contributed by atoms with Crippen LogP contribution in [0, 0.1) is 17.5 Å². The molecule has 4 aromatic rings. The lowest BCUT2D eigenvalue weighted by molar-refractivity contribution is -0.115. The number of amides is 1. The van der Waals surface area contributed by atoms with Gasteiger partial charge in [-0.1, -0.05) is 17.3 Å². The van der Waals surface area contributed by atoms with Gasteiger partial charge in [-0.15, -0.1) is 11.3 Å². The van der Waals surface area contributed by atoms with Crippen molar-refractivity contribution in [1.29, 1.82) is 0 Å². The minimum absolute atomic E-state index is 0.0690. The van der Waals surface area contributed by atoms with Gasteiger partial charge in [0.15, 0.2) is 11.6 Å².